The van der Waals surface area contributed by atoms with E-state index in [0.29, 0.717) is 29.8 Å². The quantitative estimate of drug-likeness (QED) is 0.818. The van der Waals surface area contributed by atoms with Gasteiger partial charge in [-0.25, -0.2) is 0 Å². The summed E-state index contributed by atoms with van der Waals surface area (Å²) in [5.74, 6) is -0.316. The number of nitrogens with zero attached hydrogens (tertiary/aromatic N) is 1. The summed E-state index contributed by atoms with van der Waals surface area (Å²) in [6.07, 6.45) is 0.429. The largest absolute Gasteiger partial charge is 0.496 e. The van der Waals surface area contributed by atoms with Crippen molar-refractivity contribution in [2.75, 3.05) is 7.11 Å². The van der Waals surface area contributed by atoms with Gasteiger partial charge in [0.05, 0.1) is 13.5 Å². The molecular formula is C21H22N2O4. The van der Waals surface area contributed by atoms with Crippen LogP contribution in [0.3, 0.4) is 0 Å². The maximum atomic E-state index is 13.0. The SMILES string of the molecule is COc1ccc(C(C)=O)cc1CC(=O)N1Cc2ccccc2C[C@H]1C(N)=O. The molecule has 1 heterocycles. The van der Waals surface area contributed by atoms with Gasteiger partial charge in [0, 0.05) is 24.1 Å². The van der Waals surface area contributed by atoms with Crippen molar-refractivity contribution in [3.05, 3.63) is 64.7 Å². The molecular weight excluding hydrogens is 344 g/mol. The summed E-state index contributed by atoms with van der Waals surface area (Å²) in [5.41, 5.74) is 8.72. The van der Waals surface area contributed by atoms with E-state index >= 15 is 0 Å². The molecule has 2 aromatic carbocycles. The fourth-order valence-corrected chi connectivity index (χ4v) is 3.44. The van der Waals surface area contributed by atoms with Crippen LogP contribution in [0.25, 0.3) is 0 Å². The normalized spacial score (nSPS) is 15.8. The zero-order chi connectivity index (χ0) is 19.6. The highest BCUT2D eigenvalue weighted by Crippen LogP contribution is 2.26. The average Bonchev–Trinajstić information content (AvgIpc) is 2.66. The monoisotopic (exact) mass is 366 g/mol. The fourth-order valence-electron chi connectivity index (χ4n) is 3.44. The molecule has 2 aromatic rings. The number of ether oxygens (including phenoxy) is 1. The third-order valence-electron chi connectivity index (χ3n) is 4.93. The first-order valence-electron chi connectivity index (χ1n) is 8.74. The Morgan fingerprint density at radius 1 is 1.15 bits per heavy atom. The highest BCUT2D eigenvalue weighted by atomic mass is 16.5. The van der Waals surface area contributed by atoms with Gasteiger partial charge in [-0.2, -0.15) is 0 Å². The molecule has 1 atom stereocenters. The van der Waals surface area contributed by atoms with Crippen LogP contribution in [-0.4, -0.2) is 35.6 Å². The van der Waals surface area contributed by atoms with E-state index in [2.05, 4.69) is 0 Å². The van der Waals surface area contributed by atoms with Gasteiger partial charge in [-0.1, -0.05) is 24.3 Å². The number of hydrogen-bond acceptors (Lipinski definition) is 4. The summed E-state index contributed by atoms with van der Waals surface area (Å²) < 4.78 is 5.33. The van der Waals surface area contributed by atoms with Crippen LogP contribution >= 0.6 is 0 Å². The number of nitrogens with two attached hydrogens (primary N) is 1. The van der Waals surface area contributed by atoms with Gasteiger partial charge >= 0.3 is 0 Å². The van der Waals surface area contributed by atoms with E-state index in [1.807, 2.05) is 24.3 Å². The van der Waals surface area contributed by atoms with Gasteiger partial charge in [-0.3, -0.25) is 14.4 Å². The molecule has 2 amide bonds. The molecule has 0 unspecified atom stereocenters. The van der Waals surface area contributed by atoms with Crippen LogP contribution in [0.2, 0.25) is 0 Å². The van der Waals surface area contributed by atoms with Gasteiger partial charge < -0.3 is 15.4 Å². The highest BCUT2D eigenvalue weighted by molar-refractivity contribution is 5.95. The average molecular weight is 366 g/mol. The molecule has 1 aliphatic heterocycles. The van der Waals surface area contributed by atoms with Gasteiger partial charge in [-0.15, -0.1) is 0 Å². The van der Waals surface area contributed by atoms with E-state index in [4.69, 9.17) is 10.5 Å². The van der Waals surface area contributed by atoms with Crippen LogP contribution in [-0.2, 0) is 29.0 Å². The second kappa shape index (κ2) is 7.61. The molecule has 0 radical (unpaired) electrons. The molecule has 0 aromatic heterocycles. The van der Waals surface area contributed by atoms with Gasteiger partial charge in [0.2, 0.25) is 11.8 Å². The van der Waals surface area contributed by atoms with Crippen molar-refractivity contribution in [3.63, 3.8) is 0 Å². The second-order valence-electron chi connectivity index (χ2n) is 6.67. The molecule has 1 aliphatic rings. The first kappa shape index (κ1) is 18.6. The lowest BCUT2D eigenvalue weighted by Gasteiger charge is -2.35. The van der Waals surface area contributed by atoms with Crippen LogP contribution in [0.5, 0.6) is 5.75 Å². The lowest BCUT2D eigenvalue weighted by atomic mass is 9.93. The smallest absolute Gasteiger partial charge is 0.240 e. The summed E-state index contributed by atoms with van der Waals surface area (Å²) >= 11 is 0. The van der Waals surface area contributed by atoms with E-state index < -0.39 is 11.9 Å². The number of benzene rings is 2. The number of carbonyl (C=O) groups excluding carboxylic acids is 3. The van der Waals surface area contributed by atoms with Gasteiger partial charge in [0.1, 0.15) is 11.8 Å². The van der Waals surface area contributed by atoms with Crippen LogP contribution < -0.4 is 10.5 Å². The van der Waals surface area contributed by atoms with Crippen LogP contribution in [0.15, 0.2) is 42.5 Å². The van der Waals surface area contributed by atoms with Crippen molar-refractivity contribution in [3.8, 4) is 5.75 Å². The van der Waals surface area contributed by atoms with Crippen LogP contribution in [0.4, 0.5) is 0 Å². The maximum absolute atomic E-state index is 13.0. The predicted octanol–water partition coefficient (Wildman–Crippen LogP) is 1.88. The molecule has 0 spiro atoms. The number of rotatable bonds is 5. The number of Topliss-reactive ketones (excluding diaryl/α,β-unsaturated/α-hetero) is 1. The van der Waals surface area contributed by atoms with Crippen molar-refractivity contribution in [2.24, 2.45) is 5.73 Å². The number of amides is 2. The summed E-state index contributed by atoms with van der Waals surface area (Å²) in [6, 6.07) is 12.0. The van der Waals surface area contributed by atoms with Crippen molar-refractivity contribution < 1.29 is 19.1 Å². The number of methoxy groups -OCH3 is 1. The Labute approximate surface area is 157 Å². The molecule has 27 heavy (non-hydrogen) atoms. The molecule has 2 N–H and O–H groups in total. The summed E-state index contributed by atoms with van der Waals surface area (Å²) in [7, 11) is 1.51. The minimum atomic E-state index is -0.686. The Morgan fingerprint density at radius 2 is 1.85 bits per heavy atom. The Kier molecular flexibility index (Phi) is 5.26. The number of ketones is 1. The third-order valence-corrected chi connectivity index (χ3v) is 4.93. The molecule has 0 saturated heterocycles. The van der Waals surface area contributed by atoms with Crippen molar-refractivity contribution in [1.82, 2.24) is 4.90 Å². The first-order valence-corrected chi connectivity index (χ1v) is 8.74. The minimum Gasteiger partial charge on any atom is -0.496 e. The topological polar surface area (TPSA) is 89.7 Å². The number of primary amides is 1. The van der Waals surface area contributed by atoms with Crippen molar-refractivity contribution in [2.45, 2.75) is 32.4 Å². The molecule has 3 rings (SSSR count). The van der Waals surface area contributed by atoms with E-state index in [-0.39, 0.29) is 18.1 Å². The summed E-state index contributed by atoms with van der Waals surface area (Å²) in [6.45, 7) is 1.80. The first-order chi connectivity index (χ1) is 12.9. The van der Waals surface area contributed by atoms with E-state index in [9.17, 15) is 14.4 Å². The maximum Gasteiger partial charge on any atom is 0.240 e. The zero-order valence-corrected chi connectivity index (χ0v) is 15.4. The Morgan fingerprint density at radius 3 is 2.48 bits per heavy atom. The molecule has 6 heteroatoms. The number of hydrogen-bond donors (Lipinski definition) is 1. The zero-order valence-electron chi connectivity index (χ0n) is 15.4. The lowest BCUT2D eigenvalue weighted by molar-refractivity contribution is -0.140. The number of carbonyl (C=O) groups is 3. The Bertz CT molecular complexity index is 907. The Hall–Kier alpha value is -3.15. The predicted molar refractivity (Wildman–Crippen MR) is 100 cm³/mol. The molecule has 0 bridgehead atoms. The van der Waals surface area contributed by atoms with E-state index in [1.54, 1.807) is 18.2 Å². The van der Waals surface area contributed by atoms with Crippen molar-refractivity contribution in [1.29, 1.82) is 0 Å². The van der Waals surface area contributed by atoms with Gasteiger partial charge in [0.15, 0.2) is 5.78 Å². The highest BCUT2D eigenvalue weighted by Gasteiger charge is 2.33. The van der Waals surface area contributed by atoms with E-state index in [0.717, 1.165) is 11.1 Å². The lowest BCUT2D eigenvalue weighted by Crippen LogP contribution is -2.51. The molecule has 0 aliphatic carbocycles. The number of fused-ring (bicyclic) bond motifs is 1. The molecule has 140 valence electrons. The van der Waals surface area contributed by atoms with Crippen LogP contribution in [0, 0.1) is 0 Å². The van der Waals surface area contributed by atoms with Crippen LogP contribution in [0.1, 0.15) is 34.0 Å². The standard InChI is InChI=1S/C21H22N2O4/c1-13(24)14-7-8-19(27-2)17(9-14)11-20(25)23-12-16-6-4-3-5-15(16)10-18(23)21(22)26/h3-9,18H,10-12H2,1-2H3,(H2,22,26)/t18-/m0/s1. The molecule has 0 saturated carbocycles. The second-order valence-corrected chi connectivity index (χ2v) is 6.67. The molecule has 6 nitrogen and oxygen atoms in total. The Balaban J connectivity index is 1.90. The summed E-state index contributed by atoms with van der Waals surface area (Å²) in [4.78, 5) is 38.2. The van der Waals surface area contributed by atoms with Gasteiger partial charge in [-0.05, 0) is 36.2 Å². The fraction of sp³-hybridized carbons (Fsp3) is 0.286. The van der Waals surface area contributed by atoms with Crippen molar-refractivity contribution >= 4 is 17.6 Å². The molecule has 0 fully saturated rings. The van der Waals surface area contributed by atoms with Gasteiger partial charge in [0.25, 0.3) is 0 Å². The summed E-state index contributed by atoms with van der Waals surface area (Å²) in [5, 5.41) is 0. The van der Waals surface area contributed by atoms with E-state index in [1.165, 1.54) is 18.9 Å². The minimum absolute atomic E-state index is 0.0240. The third kappa shape index (κ3) is 3.84.